The molecule has 3 N–H and O–H groups in total. The zero-order valence-corrected chi connectivity index (χ0v) is 13.5. The molecule has 4 rings (SSSR count). The van der Waals surface area contributed by atoms with Gasteiger partial charge in [-0.25, -0.2) is 14.6 Å². The molecule has 22 heavy (non-hydrogen) atoms. The highest BCUT2D eigenvalue weighted by molar-refractivity contribution is 7.05. The first-order valence-electron chi connectivity index (χ1n) is 7.41. The summed E-state index contributed by atoms with van der Waals surface area (Å²) >= 11 is 1.62. The van der Waals surface area contributed by atoms with Crippen LogP contribution in [0, 0.1) is 5.92 Å². The highest BCUT2D eigenvalue weighted by Crippen LogP contribution is 2.40. The molecule has 122 valence electrons. The molecule has 3 fully saturated rings. The van der Waals surface area contributed by atoms with Crippen LogP contribution in [-0.2, 0) is 9.59 Å². The van der Waals surface area contributed by atoms with E-state index in [9.17, 15) is 0 Å². The van der Waals surface area contributed by atoms with Gasteiger partial charge in [-0.1, -0.05) is 13.8 Å². The fourth-order valence-electron chi connectivity index (χ4n) is 2.91. The summed E-state index contributed by atoms with van der Waals surface area (Å²) in [6.45, 7) is 5.55. The van der Waals surface area contributed by atoms with Crippen molar-refractivity contribution in [1.82, 2.24) is 14.7 Å². The fraction of sp³-hybridized carbons (Fsp3) is 0.714. The molecule has 0 aromatic carbocycles. The maximum absolute atomic E-state index is 9.10. The van der Waals surface area contributed by atoms with E-state index in [4.69, 9.17) is 24.8 Å². The second-order valence-electron chi connectivity index (χ2n) is 6.06. The summed E-state index contributed by atoms with van der Waals surface area (Å²) in [5, 5.41) is 19.7. The predicted octanol–water partition coefficient (Wildman–Crippen LogP) is 1.67. The molecule has 3 unspecified atom stereocenters. The molecular weight excluding hydrogens is 306 g/mol. The molecule has 1 aromatic heterocycles. The number of aliphatic carboxylic acids is 2. The first kappa shape index (κ1) is 16.8. The van der Waals surface area contributed by atoms with Gasteiger partial charge >= 0.3 is 11.9 Å². The highest BCUT2D eigenvalue weighted by atomic mass is 32.1. The minimum absolute atomic E-state index is 0.457. The van der Waals surface area contributed by atoms with Crippen molar-refractivity contribution >= 4 is 23.5 Å². The summed E-state index contributed by atoms with van der Waals surface area (Å²) in [6.07, 6.45) is 4.06. The molecule has 3 heterocycles. The Bertz CT molecular complexity index is 526. The summed E-state index contributed by atoms with van der Waals surface area (Å²) in [5.74, 6) is -0.649. The number of hydrogen-bond acceptors (Lipinski definition) is 6. The van der Waals surface area contributed by atoms with Crippen LogP contribution in [0.4, 0.5) is 0 Å². The summed E-state index contributed by atoms with van der Waals surface area (Å²) in [5.41, 5.74) is 0. The molecule has 3 atom stereocenters. The van der Waals surface area contributed by atoms with Crippen LogP contribution in [0.1, 0.15) is 55.8 Å². The molecule has 1 aromatic rings. The predicted molar refractivity (Wildman–Crippen MR) is 81.1 cm³/mol. The number of carbonyl (C=O) groups is 2. The minimum Gasteiger partial charge on any atom is -0.473 e. The molecule has 1 aliphatic carbocycles. The van der Waals surface area contributed by atoms with Gasteiger partial charge in [0.1, 0.15) is 10.8 Å². The Morgan fingerprint density at radius 3 is 2.32 bits per heavy atom. The number of carboxylic acid groups (broad SMARTS) is 2. The van der Waals surface area contributed by atoms with E-state index in [1.54, 1.807) is 11.5 Å². The van der Waals surface area contributed by atoms with Gasteiger partial charge in [0.25, 0.3) is 0 Å². The number of hydrogen-bond donors (Lipinski definition) is 3. The Kier molecular flexibility index (Phi) is 5.47. The first-order chi connectivity index (χ1) is 10.4. The maximum Gasteiger partial charge on any atom is 0.414 e. The molecule has 7 nitrogen and oxygen atoms in total. The molecule has 0 radical (unpaired) electrons. The Morgan fingerprint density at radius 2 is 1.95 bits per heavy atom. The third kappa shape index (κ3) is 4.01. The zero-order chi connectivity index (χ0) is 16.3. The molecule has 3 aliphatic rings. The molecule has 8 heteroatoms. The molecular formula is C14H21N3O4S. The van der Waals surface area contributed by atoms with Crippen molar-refractivity contribution in [2.24, 2.45) is 5.92 Å². The number of aromatic nitrogens is 2. The van der Waals surface area contributed by atoms with E-state index in [1.165, 1.54) is 30.8 Å². The van der Waals surface area contributed by atoms with Gasteiger partial charge < -0.3 is 15.5 Å². The van der Waals surface area contributed by atoms with E-state index in [2.05, 4.69) is 23.5 Å². The molecule has 2 bridgehead atoms. The summed E-state index contributed by atoms with van der Waals surface area (Å²) in [7, 11) is 0. The minimum atomic E-state index is -1.82. The second kappa shape index (κ2) is 7.15. The molecule has 1 saturated carbocycles. The molecule has 0 spiro atoms. The number of fused-ring (bicyclic) bond motifs is 3. The van der Waals surface area contributed by atoms with Gasteiger partial charge in [-0.05, 0) is 43.3 Å². The lowest BCUT2D eigenvalue weighted by molar-refractivity contribution is -0.159. The average Bonchev–Trinajstić information content (AvgIpc) is 2.99. The number of piperidine rings is 2. The summed E-state index contributed by atoms with van der Waals surface area (Å²) < 4.78 is 4.48. The van der Waals surface area contributed by atoms with Crippen molar-refractivity contribution in [3.8, 4) is 0 Å². The monoisotopic (exact) mass is 327 g/mol. The van der Waals surface area contributed by atoms with E-state index in [0.717, 1.165) is 11.7 Å². The molecule has 2 saturated heterocycles. The van der Waals surface area contributed by atoms with E-state index in [0.29, 0.717) is 17.9 Å². The van der Waals surface area contributed by atoms with Crippen LogP contribution in [-0.4, -0.2) is 44.1 Å². The SMILES string of the molecule is CC(C)c1nsc(C2CC3CCC2NC3)n1.O=C(O)C(=O)O. The number of nitrogens with one attached hydrogen (secondary N) is 1. The topological polar surface area (TPSA) is 112 Å². The van der Waals surface area contributed by atoms with Gasteiger partial charge in [0.2, 0.25) is 0 Å². The number of nitrogens with zero attached hydrogens (tertiary/aromatic N) is 2. The van der Waals surface area contributed by atoms with Gasteiger partial charge in [0, 0.05) is 17.9 Å². The third-order valence-corrected chi connectivity index (χ3v) is 4.96. The van der Waals surface area contributed by atoms with E-state index in [1.807, 2.05) is 0 Å². The van der Waals surface area contributed by atoms with Gasteiger partial charge in [-0.3, -0.25) is 0 Å². The van der Waals surface area contributed by atoms with Crippen LogP contribution in [0.25, 0.3) is 0 Å². The van der Waals surface area contributed by atoms with Crippen molar-refractivity contribution in [3.63, 3.8) is 0 Å². The molecule has 2 aliphatic heterocycles. The standard InChI is InChI=1S/C12H19N3S.C2H2O4/c1-7(2)11-14-12(16-15-11)9-5-8-3-4-10(9)13-6-8;3-1(4)2(5)6/h7-10,13H,3-6H2,1-2H3;(H,3,4)(H,5,6). The normalized spacial score (nSPS) is 26.4. The number of carboxylic acids is 2. The lowest BCUT2D eigenvalue weighted by atomic mass is 9.74. The summed E-state index contributed by atoms with van der Waals surface area (Å²) in [6, 6.07) is 0.665. The first-order valence-corrected chi connectivity index (χ1v) is 8.19. The van der Waals surface area contributed by atoms with Crippen molar-refractivity contribution in [3.05, 3.63) is 10.8 Å². The van der Waals surface area contributed by atoms with Crippen molar-refractivity contribution < 1.29 is 19.8 Å². The van der Waals surface area contributed by atoms with E-state index >= 15 is 0 Å². The van der Waals surface area contributed by atoms with Gasteiger partial charge in [-0.2, -0.15) is 4.37 Å². The van der Waals surface area contributed by atoms with Crippen molar-refractivity contribution in [2.75, 3.05) is 6.54 Å². The number of rotatable bonds is 2. The smallest absolute Gasteiger partial charge is 0.414 e. The average molecular weight is 327 g/mol. The largest absolute Gasteiger partial charge is 0.473 e. The quantitative estimate of drug-likeness (QED) is 0.708. The van der Waals surface area contributed by atoms with Crippen LogP contribution in [0.5, 0.6) is 0 Å². The Morgan fingerprint density at radius 1 is 1.27 bits per heavy atom. The van der Waals surface area contributed by atoms with Crippen LogP contribution >= 0.6 is 11.5 Å². The van der Waals surface area contributed by atoms with E-state index in [-0.39, 0.29) is 0 Å². The maximum atomic E-state index is 9.10. The van der Waals surface area contributed by atoms with Gasteiger partial charge in [-0.15, -0.1) is 0 Å². The van der Waals surface area contributed by atoms with Crippen LogP contribution in [0.15, 0.2) is 0 Å². The van der Waals surface area contributed by atoms with Gasteiger partial charge in [0.15, 0.2) is 0 Å². The highest BCUT2D eigenvalue weighted by Gasteiger charge is 2.37. The lowest BCUT2D eigenvalue weighted by Crippen LogP contribution is -2.48. The third-order valence-electron chi connectivity index (χ3n) is 4.10. The molecule has 0 amide bonds. The van der Waals surface area contributed by atoms with Gasteiger partial charge in [0.05, 0.1) is 0 Å². The zero-order valence-electron chi connectivity index (χ0n) is 12.7. The Labute approximate surface area is 132 Å². The van der Waals surface area contributed by atoms with Crippen LogP contribution in [0.3, 0.4) is 0 Å². The van der Waals surface area contributed by atoms with E-state index < -0.39 is 11.9 Å². The van der Waals surface area contributed by atoms with Crippen LogP contribution < -0.4 is 5.32 Å². The second-order valence-corrected chi connectivity index (χ2v) is 6.84. The summed E-state index contributed by atoms with van der Waals surface area (Å²) in [4.78, 5) is 22.9. The Balaban J connectivity index is 0.000000254. The van der Waals surface area contributed by atoms with Crippen molar-refractivity contribution in [2.45, 2.75) is 51.0 Å². The van der Waals surface area contributed by atoms with Crippen molar-refractivity contribution in [1.29, 1.82) is 0 Å². The lowest BCUT2D eigenvalue weighted by Gasteiger charge is -2.42. The fourth-order valence-corrected chi connectivity index (χ4v) is 3.88. The Hall–Kier alpha value is -1.54. The van der Waals surface area contributed by atoms with Crippen LogP contribution in [0.2, 0.25) is 0 Å².